The lowest BCUT2D eigenvalue weighted by Gasteiger charge is -2.35. The maximum atomic E-state index is 13.2. The molecule has 2 heterocycles. The standard InChI is InChI=1S/C24H37N5O2S/c1-7-19-21(32-14-26-19)17-10-8-16(9-11-17)15(2)27-28-20-12-18(30)13-29(20)23(31)22(25-6)24(3,4)5/h8-11,14-15,18,20,22,25,27-28,30H,7,12-13H2,1-6H3/t15-,18+,20-,22+/m0/s1. The Kier molecular flexibility index (Phi) is 8.06. The zero-order valence-corrected chi connectivity index (χ0v) is 20.8. The summed E-state index contributed by atoms with van der Waals surface area (Å²) < 4.78 is 0. The highest BCUT2D eigenvalue weighted by Crippen LogP contribution is 2.29. The summed E-state index contributed by atoms with van der Waals surface area (Å²) in [5.74, 6) is 0.00383. The fourth-order valence-corrected chi connectivity index (χ4v) is 5.16. The first-order valence-corrected chi connectivity index (χ1v) is 12.2. The van der Waals surface area contributed by atoms with E-state index in [9.17, 15) is 9.90 Å². The van der Waals surface area contributed by atoms with Crippen LogP contribution in [0, 0.1) is 5.41 Å². The predicted molar refractivity (Wildman–Crippen MR) is 130 cm³/mol. The summed E-state index contributed by atoms with van der Waals surface area (Å²) in [5, 5.41) is 13.4. The minimum atomic E-state index is -0.530. The number of thiazole rings is 1. The molecule has 1 amide bonds. The number of benzene rings is 1. The van der Waals surface area contributed by atoms with Crippen molar-refractivity contribution in [2.75, 3.05) is 13.6 Å². The van der Waals surface area contributed by atoms with Gasteiger partial charge in [-0.05, 0) is 36.9 Å². The molecule has 1 aliphatic heterocycles. The number of hydrazine groups is 1. The minimum absolute atomic E-state index is 0.00383. The van der Waals surface area contributed by atoms with Crippen LogP contribution in [0.4, 0.5) is 0 Å². The van der Waals surface area contributed by atoms with Crippen LogP contribution in [-0.2, 0) is 11.2 Å². The highest BCUT2D eigenvalue weighted by molar-refractivity contribution is 7.13. The molecule has 1 aliphatic rings. The van der Waals surface area contributed by atoms with Gasteiger partial charge in [0.2, 0.25) is 5.91 Å². The third-order valence-corrected chi connectivity index (χ3v) is 7.00. The van der Waals surface area contributed by atoms with Crippen molar-refractivity contribution in [2.45, 2.75) is 71.8 Å². The molecule has 1 saturated heterocycles. The fourth-order valence-electron chi connectivity index (χ4n) is 4.27. The number of aliphatic hydroxyl groups excluding tert-OH is 1. The van der Waals surface area contributed by atoms with Gasteiger partial charge < -0.3 is 15.3 Å². The number of hydrogen-bond donors (Lipinski definition) is 4. The van der Waals surface area contributed by atoms with E-state index >= 15 is 0 Å². The highest BCUT2D eigenvalue weighted by atomic mass is 32.1. The SMILES string of the molecule is CCc1ncsc1-c1ccc([C@H](C)NN[C@@H]2C[C@@H](O)CN2C(=O)[C@@H](NC)C(C)(C)C)cc1. The van der Waals surface area contributed by atoms with Gasteiger partial charge in [0.05, 0.1) is 34.4 Å². The van der Waals surface area contributed by atoms with Gasteiger partial charge in [0, 0.05) is 19.0 Å². The van der Waals surface area contributed by atoms with Crippen LogP contribution < -0.4 is 16.2 Å². The van der Waals surface area contributed by atoms with Crippen LogP contribution >= 0.6 is 11.3 Å². The molecule has 8 heteroatoms. The second-order valence-electron chi connectivity index (χ2n) is 9.60. The Bertz CT molecular complexity index is 893. The average Bonchev–Trinajstić information content (AvgIpc) is 3.37. The number of carbonyl (C=O) groups excluding carboxylic acids is 1. The predicted octanol–water partition coefficient (Wildman–Crippen LogP) is 3.08. The van der Waals surface area contributed by atoms with Crippen LogP contribution in [0.5, 0.6) is 0 Å². The Morgan fingerprint density at radius 3 is 2.59 bits per heavy atom. The Morgan fingerprint density at radius 2 is 2.00 bits per heavy atom. The van der Waals surface area contributed by atoms with Gasteiger partial charge in [-0.2, -0.15) is 0 Å². The lowest BCUT2D eigenvalue weighted by molar-refractivity contribution is -0.138. The van der Waals surface area contributed by atoms with E-state index in [1.54, 1.807) is 16.2 Å². The second kappa shape index (κ2) is 10.4. The van der Waals surface area contributed by atoms with Gasteiger partial charge in [-0.3, -0.25) is 4.79 Å². The highest BCUT2D eigenvalue weighted by Gasteiger charge is 2.40. The Hall–Kier alpha value is -1.84. The number of aryl methyl sites for hydroxylation is 1. The topological polar surface area (TPSA) is 89.5 Å². The third-order valence-electron chi connectivity index (χ3n) is 6.08. The summed E-state index contributed by atoms with van der Waals surface area (Å²) in [6.07, 6.45) is 0.629. The number of amides is 1. The average molecular weight is 460 g/mol. The fraction of sp³-hybridized carbons (Fsp3) is 0.583. The van der Waals surface area contributed by atoms with Crippen molar-refractivity contribution in [3.8, 4) is 10.4 Å². The number of likely N-dealkylation sites (tertiary alicyclic amines) is 1. The van der Waals surface area contributed by atoms with E-state index in [1.807, 2.05) is 33.3 Å². The number of nitrogens with one attached hydrogen (secondary N) is 3. The Labute approximate surface area is 195 Å². The summed E-state index contributed by atoms with van der Waals surface area (Å²) in [7, 11) is 1.81. The second-order valence-corrected chi connectivity index (χ2v) is 10.5. The van der Waals surface area contributed by atoms with Gasteiger partial charge in [-0.25, -0.2) is 15.8 Å². The molecule has 1 aromatic carbocycles. The number of likely N-dealkylation sites (N-methyl/N-ethyl adjacent to an activating group) is 1. The van der Waals surface area contributed by atoms with Crippen molar-refractivity contribution in [3.05, 3.63) is 41.0 Å². The summed E-state index contributed by atoms with van der Waals surface area (Å²) in [6, 6.07) is 8.23. The van der Waals surface area contributed by atoms with Crippen molar-refractivity contribution in [1.29, 1.82) is 0 Å². The maximum absolute atomic E-state index is 13.2. The quantitative estimate of drug-likeness (QED) is 0.454. The first kappa shape index (κ1) is 24.8. The van der Waals surface area contributed by atoms with E-state index in [1.165, 1.54) is 10.4 Å². The van der Waals surface area contributed by atoms with Gasteiger partial charge in [-0.1, -0.05) is 52.0 Å². The third kappa shape index (κ3) is 5.55. The summed E-state index contributed by atoms with van der Waals surface area (Å²) in [5.41, 5.74) is 11.8. The van der Waals surface area contributed by atoms with E-state index in [4.69, 9.17) is 0 Å². The number of β-amino-alcohol motifs (C(OH)–C–C–N with tert-alkyl or cyclic N) is 1. The van der Waals surface area contributed by atoms with E-state index in [2.05, 4.69) is 59.3 Å². The molecule has 32 heavy (non-hydrogen) atoms. The molecule has 1 fully saturated rings. The molecule has 0 radical (unpaired) electrons. The van der Waals surface area contributed by atoms with E-state index in [-0.39, 0.29) is 29.6 Å². The number of rotatable bonds is 8. The van der Waals surface area contributed by atoms with Gasteiger partial charge in [0.1, 0.15) is 0 Å². The molecular weight excluding hydrogens is 422 g/mol. The summed E-state index contributed by atoms with van der Waals surface area (Å²) >= 11 is 1.67. The molecule has 0 unspecified atom stereocenters. The molecule has 2 aromatic rings. The monoisotopic (exact) mass is 459 g/mol. The first-order chi connectivity index (χ1) is 15.2. The first-order valence-electron chi connectivity index (χ1n) is 11.3. The molecule has 7 nitrogen and oxygen atoms in total. The largest absolute Gasteiger partial charge is 0.391 e. The maximum Gasteiger partial charge on any atom is 0.241 e. The molecule has 0 bridgehead atoms. The smallest absolute Gasteiger partial charge is 0.241 e. The van der Waals surface area contributed by atoms with Crippen LogP contribution in [0.15, 0.2) is 29.8 Å². The zero-order valence-electron chi connectivity index (χ0n) is 20.0. The zero-order chi connectivity index (χ0) is 23.5. The van der Waals surface area contributed by atoms with E-state index in [0.29, 0.717) is 13.0 Å². The summed E-state index contributed by atoms with van der Waals surface area (Å²) in [4.78, 5) is 20.6. The van der Waals surface area contributed by atoms with Crippen LogP contribution in [0.2, 0.25) is 0 Å². The van der Waals surface area contributed by atoms with Crippen LogP contribution in [-0.4, -0.2) is 52.8 Å². The number of carbonyl (C=O) groups is 1. The van der Waals surface area contributed by atoms with Gasteiger partial charge in [-0.15, -0.1) is 11.3 Å². The van der Waals surface area contributed by atoms with Crippen molar-refractivity contribution >= 4 is 17.2 Å². The molecule has 4 N–H and O–H groups in total. The number of hydrogen-bond acceptors (Lipinski definition) is 7. The molecule has 4 atom stereocenters. The molecule has 0 saturated carbocycles. The molecule has 3 rings (SSSR count). The van der Waals surface area contributed by atoms with E-state index in [0.717, 1.165) is 17.7 Å². The molecule has 176 valence electrons. The van der Waals surface area contributed by atoms with Crippen molar-refractivity contribution in [2.24, 2.45) is 5.41 Å². The molecule has 0 aliphatic carbocycles. The number of aromatic nitrogens is 1. The molecule has 0 spiro atoms. The van der Waals surface area contributed by atoms with Gasteiger partial charge in [0.15, 0.2) is 0 Å². The normalized spacial score (nSPS) is 21.0. The molecule has 1 aromatic heterocycles. The van der Waals surface area contributed by atoms with Gasteiger partial charge >= 0.3 is 0 Å². The Balaban J connectivity index is 1.64. The molecular formula is C24H37N5O2S. The van der Waals surface area contributed by atoms with E-state index < -0.39 is 6.10 Å². The van der Waals surface area contributed by atoms with Crippen LogP contribution in [0.3, 0.4) is 0 Å². The van der Waals surface area contributed by atoms with Crippen LogP contribution in [0.1, 0.15) is 58.3 Å². The number of nitrogens with zero attached hydrogens (tertiary/aromatic N) is 2. The Morgan fingerprint density at radius 1 is 1.31 bits per heavy atom. The van der Waals surface area contributed by atoms with Crippen molar-refractivity contribution < 1.29 is 9.90 Å². The minimum Gasteiger partial charge on any atom is -0.391 e. The lowest BCUT2D eigenvalue weighted by Crippen LogP contribution is -2.57. The van der Waals surface area contributed by atoms with Gasteiger partial charge in [0.25, 0.3) is 0 Å². The van der Waals surface area contributed by atoms with Crippen LogP contribution in [0.25, 0.3) is 10.4 Å². The van der Waals surface area contributed by atoms with Crippen molar-refractivity contribution in [3.63, 3.8) is 0 Å². The van der Waals surface area contributed by atoms with Crippen molar-refractivity contribution in [1.82, 2.24) is 26.1 Å². The number of aliphatic hydroxyl groups is 1. The summed E-state index contributed by atoms with van der Waals surface area (Å²) in [6.45, 7) is 10.7. The lowest BCUT2D eigenvalue weighted by atomic mass is 9.86.